The van der Waals surface area contributed by atoms with Crippen LogP contribution in [0.1, 0.15) is 22.8 Å². The highest BCUT2D eigenvalue weighted by Gasteiger charge is 2.35. The molecule has 0 amide bonds. The van der Waals surface area contributed by atoms with E-state index in [2.05, 4.69) is 4.74 Å². The van der Waals surface area contributed by atoms with Gasteiger partial charge in [0.25, 0.3) is 0 Å². The summed E-state index contributed by atoms with van der Waals surface area (Å²) in [6.07, 6.45) is -4.76. The van der Waals surface area contributed by atoms with Crippen LogP contribution in [-0.2, 0) is 10.9 Å². The lowest BCUT2D eigenvalue weighted by Gasteiger charge is -2.11. The van der Waals surface area contributed by atoms with E-state index in [4.69, 9.17) is 11.6 Å². The highest BCUT2D eigenvalue weighted by molar-refractivity contribution is 6.31. The maximum absolute atomic E-state index is 13.2. The summed E-state index contributed by atoms with van der Waals surface area (Å²) in [5.74, 6) is -2.31. The Morgan fingerprint density at radius 2 is 2.00 bits per heavy atom. The van der Waals surface area contributed by atoms with E-state index in [1.165, 1.54) is 6.92 Å². The molecule has 0 saturated carbocycles. The summed E-state index contributed by atoms with van der Waals surface area (Å²) >= 11 is 5.26. The molecule has 17 heavy (non-hydrogen) atoms. The number of carbonyl (C=O) groups excluding carboxylic acids is 1. The largest absolute Gasteiger partial charge is 0.462 e. The molecule has 0 fully saturated rings. The fourth-order valence-corrected chi connectivity index (χ4v) is 1.39. The maximum atomic E-state index is 13.2. The van der Waals surface area contributed by atoms with E-state index in [9.17, 15) is 22.4 Å². The average Bonchev–Trinajstić information content (AvgIpc) is 2.15. The Labute approximate surface area is 99.1 Å². The zero-order chi connectivity index (χ0) is 13.2. The Bertz CT molecular complexity index is 443. The minimum atomic E-state index is -4.76. The zero-order valence-corrected chi connectivity index (χ0v) is 9.32. The van der Waals surface area contributed by atoms with Crippen molar-refractivity contribution in [2.24, 2.45) is 0 Å². The molecule has 0 aromatic heterocycles. The molecular weight excluding hydrogens is 264 g/mol. The summed E-state index contributed by atoms with van der Waals surface area (Å²) in [7, 11) is 0. The molecule has 0 unspecified atom stereocenters. The van der Waals surface area contributed by atoms with Crippen molar-refractivity contribution in [1.82, 2.24) is 0 Å². The van der Waals surface area contributed by atoms with Crippen LogP contribution >= 0.6 is 11.6 Å². The zero-order valence-electron chi connectivity index (χ0n) is 8.57. The Hall–Kier alpha value is -1.30. The molecule has 0 saturated heterocycles. The van der Waals surface area contributed by atoms with Gasteiger partial charge in [0.1, 0.15) is 5.82 Å². The van der Waals surface area contributed by atoms with Crippen molar-refractivity contribution in [3.05, 3.63) is 34.1 Å². The smallest absolute Gasteiger partial charge is 0.417 e. The number of carbonyl (C=O) groups is 1. The third-order valence-corrected chi connectivity index (χ3v) is 2.17. The Kier molecular flexibility index (Phi) is 3.98. The number of alkyl halides is 3. The molecule has 0 atom stereocenters. The number of halogens is 5. The number of rotatable bonds is 2. The third-order valence-electron chi connectivity index (χ3n) is 1.86. The Balaban J connectivity index is 3.29. The van der Waals surface area contributed by atoms with Crippen LogP contribution in [0.25, 0.3) is 0 Å². The first-order chi connectivity index (χ1) is 7.77. The van der Waals surface area contributed by atoms with Crippen LogP contribution in [0.3, 0.4) is 0 Å². The second kappa shape index (κ2) is 4.91. The van der Waals surface area contributed by atoms with Crippen molar-refractivity contribution >= 4 is 17.6 Å². The fraction of sp³-hybridized carbons (Fsp3) is 0.300. The minimum Gasteiger partial charge on any atom is -0.462 e. The van der Waals surface area contributed by atoms with Crippen molar-refractivity contribution in [2.75, 3.05) is 6.61 Å². The van der Waals surface area contributed by atoms with E-state index in [0.29, 0.717) is 12.1 Å². The molecule has 0 aliphatic heterocycles. The summed E-state index contributed by atoms with van der Waals surface area (Å²) in [5.41, 5.74) is -2.06. The first-order valence-corrected chi connectivity index (χ1v) is 4.88. The highest BCUT2D eigenvalue weighted by Crippen LogP contribution is 2.36. The lowest BCUT2D eigenvalue weighted by molar-refractivity contribution is -0.137. The van der Waals surface area contributed by atoms with Gasteiger partial charge in [-0.15, -0.1) is 0 Å². The number of benzene rings is 1. The van der Waals surface area contributed by atoms with Crippen LogP contribution < -0.4 is 0 Å². The predicted molar refractivity (Wildman–Crippen MR) is 52.4 cm³/mol. The van der Waals surface area contributed by atoms with Crippen molar-refractivity contribution < 1.29 is 27.1 Å². The summed E-state index contributed by atoms with van der Waals surface area (Å²) in [5, 5.41) is -0.803. The minimum absolute atomic E-state index is 0.0672. The summed E-state index contributed by atoms with van der Waals surface area (Å²) < 4.78 is 55.0. The van der Waals surface area contributed by atoms with Crippen molar-refractivity contribution in [1.29, 1.82) is 0 Å². The van der Waals surface area contributed by atoms with Crippen molar-refractivity contribution in [3.63, 3.8) is 0 Å². The van der Waals surface area contributed by atoms with Crippen LogP contribution in [0.5, 0.6) is 0 Å². The number of esters is 1. The highest BCUT2D eigenvalue weighted by atomic mass is 35.5. The van der Waals surface area contributed by atoms with Crippen molar-refractivity contribution in [2.45, 2.75) is 13.1 Å². The topological polar surface area (TPSA) is 26.3 Å². The molecule has 0 heterocycles. The molecule has 1 aromatic rings. The van der Waals surface area contributed by atoms with Crippen molar-refractivity contribution in [3.8, 4) is 0 Å². The van der Waals surface area contributed by atoms with E-state index in [-0.39, 0.29) is 6.61 Å². The number of hydrogen-bond acceptors (Lipinski definition) is 2. The molecule has 0 spiro atoms. The lowest BCUT2D eigenvalue weighted by atomic mass is 10.1. The summed E-state index contributed by atoms with van der Waals surface area (Å²) in [6.45, 7) is 1.39. The van der Waals surface area contributed by atoms with Crippen LogP contribution in [0.4, 0.5) is 17.6 Å². The lowest BCUT2D eigenvalue weighted by Crippen LogP contribution is -2.12. The van der Waals surface area contributed by atoms with E-state index in [0.717, 1.165) is 0 Å². The molecule has 0 bridgehead atoms. The van der Waals surface area contributed by atoms with E-state index in [1.807, 2.05) is 0 Å². The maximum Gasteiger partial charge on any atom is 0.417 e. The summed E-state index contributed by atoms with van der Waals surface area (Å²) in [6, 6.07) is 0.784. The van der Waals surface area contributed by atoms with Gasteiger partial charge >= 0.3 is 12.1 Å². The molecule has 2 nitrogen and oxygen atoms in total. The van der Waals surface area contributed by atoms with E-state index < -0.39 is 34.1 Å². The van der Waals surface area contributed by atoms with Crippen LogP contribution in [0, 0.1) is 5.82 Å². The first kappa shape index (κ1) is 13.8. The molecule has 7 heteroatoms. The van der Waals surface area contributed by atoms with Gasteiger partial charge in [-0.25, -0.2) is 9.18 Å². The van der Waals surface area contributed by atoms with Crippen LogP contribution in [0.2, 0.25) is 5.02 Å². The molecular formula is C10H7ClF4O2. The third kappa shape index (κ3) is 3.09. The number of hydrogen-bond donors (Lipinski definition) is 0. The fourth-order valence-electron chi connectivity index (χ4n) is 1.13. The Morgan fingerprint density at radius 1 is 1.41 bits per heavy atom. The molecule has 0 aliphatic rings. The summed E-state index contributed by atoms with van der Waals surface area (Å²) in [4.78, 5) is 11.2. The monoisotopic (exact) mass is 270 g/mol. The van der Waals surface area contributed by atoms with E-state index >= 15 is 0 Å². The molecule has 1 rings (SSSR count). The molecule has 0 radical (unpaired) electrons. The van der Waals surface area contributed by atoms with Gasteiger partial charge in [0, 0.05) is 0 Å². The van der Waals surface area contributed by atoms with Gasteiger partial charge in [-0.3, -0.25) is 0 Å². The molecule has 94 valence electrons. The van der Waals surface area contributed by atoms with E-state index in [1.54, 1.807) is 0 Å². The van der Waals surface area contributed by atoms with Crippen LogP contribution in [-0.4, -0.2) is 12.6 Å². The second-order valence-corrected chi connectivity index (χ2v) is 3.44. The van der Waals surface area contributed by atoms with Gasteiger partial charge in [-0.1, -0.05) is 11.6 Å². The van der Waals surface area contributed by atoms with Gasteiger partial charge < -0.3 is 4.74 Å². The van der Waals surface area contributed by atoms with Gasteiger partial charge in [0.05, 0.1) is 22.8 Å². The molecule has 0 N–H and O–H groups in total. The second-order valence-electron chi connectivity index (χ2n) is 3.03. The van der Waals surface area contributed by atoms with Gasteiger partial charge in [-0.05, 0) is 19.1 Å². The SMILES string of the molecule is CCOC(=O)c1cc(C(F)(F)F)c(Cl)cc1F. The average molecular weight is 271 g/mol. The van der Waals surface area contributed by atoms with Gasteiger partial charge in [-0.2, -0.15) is 13.2 Å². The standard InChI is InChI=1S/C10H7ClF4O2/c1-2-17-9(16)5-3-6(10(13,14)15)7(11)4-8(5)12/h3-4H,2H2,1H3. The Morgan fingerprint density at radius 3 is 2.47 bits per heavy atom. The quantitative estimate of drug-likeness (QED) is 0.605. The molecule has 1 aromatic carbocycles. The van der Waals surface area contributed by atoms with Gasteiger partial charge in [0.15, 0.2) is 0 Å². The number of ether oxygens (including phenoxy) is 1. The predicted octanol–water partition coefficient (Wildman–Crippen LogP) is 3.67. The van der Waals surface area contributed by atoms with Crippen LogP contribution in [0.15, 0.2) is 12.1 Å². The normalized spacial score (nSPS) is 11.4. The first-order valence-electron chi connectivity index (χ1n) is 4.50. The molecule has 0 aliphatic carbocycles. The van der Waals surface area contributed by atoms with Gasteiger partial charge in [0.2, 0.25) is 0 Å².